The highest BCUT2D eigenvalue weighted by Gasteiger charge is 2.41. The van der Waals surface area contributed by atoms with Gasteiger partial charge >= 0.3 is 5.92 Å². The maximum Gasteiger partial charge on any atom is 0.350 e. The zero-order valence-corrected chi connectivity index (χ0v) is 18.5. The molecule has 0 atom stereocenters. The van der Waals surface area contributed by atoms with Crippen molar-refractivity contribution in [3.8, 4) is 16.9 Å². The Morgan fingerprint density at radius 3 is 2.49 bits per heavy atom. The molecule has 5 aromatic rings. The van der Waals surface area contributed by atoms with Gasteiger partial charge in [-0.3, -0.25) is 9.20 Å². The van der Waals surface area contributed by atoms with E-state index in [4.69, 9.17) is 4.74 Å². The van der Waals surface area contributed by atoms with E-state index in [-0.39, 0.29) is 23.3 Å². The summed E-state index contributed by atoms with van der Waals surface area (Å²) in [6.45, 7) is 0. The fourth-order valence-corrected chi connectivity index (χ4v) is 3.86. The molecule has 176 valence electrons. The maximum atomic E-state index is 15.6. The Kier molecular flexibility index (Phi) is 4.73. The van der Waals surface area contributed by atoms with Crippen LogP contribution in [0.3, 0.4) is 0 Å². The Balaban J connectivity index is 1.36. The summed E-state index contributed by atoms with van der Waals surface area (Å²) in [6.07, 6.45) is 4.68. The van der Waals surface area contributed by atoms with Crippen molar-refractivity contribution < 1.29 is 18.3 Å². The van der Waals surface area contributed by atoms with Crippen LogP contribution in [0.1, 0.15) is 24.4 Å². The molecule has 4 heterocycles. The van der Waals surface area contributed by atoms with Crippen LogP contribution in [0.4, 0.5) is 14.6 Å². The van der Waals surface area contributed by atoms with Crippen molar-refractivity contribution in [2.45, 2.75) is 18.8 Å². The number of benzene rings is 1. The van der Waals surface area contributed by atoms with Crippen molar-refractivity contribution in [1.29, 1.82) is 0 Å². The number of nitrogens with zero attached hydrogens (tertiary/aromatic N) is 6. The van der Waals surface area contributed by atoms with Gasteiger partial charge in [0.2, 0.25) is 11.7 Å². The molecule has 1 aliphatic carbocycles. The van der Waals surface area contributed by atoms with Gasteiger partial charge in [0.15, 0.2) is 17.1 Å². The predicted octanol–water partition coefficient (Wildman–Crippen LogP) is 3.94. The molecule has 0 unspecified atom stereocenters. The Morgan fingerprint density at radius 2 is 1.74 bits per heavy atom. The van der Waals surface area contributed by atoms with Gasteiger partial charge < -0.3 is 10.1 Å². The van der Waals surface area contributed by atoms with Crippen LogP contribution in [0.25, 0.3) is 22.4 Å². The average molecular weight is 475 g/mol. The van der Waals surface area contributed by atoms with E-state index < -0.39 is 17.4 Å². The van der Waals surface area contributed by atoms with Gasteiger partial charge in [-0.05, 0) is 60.4 Å². The number of carbonyl (C=O) groups is 1. The summed E-state index contributed by atoms with van der Waals surface area (Å²) in [5.74, 6) is -3.27. The first-order valence-electron chi connectivity index (χ1n) is 11.0. The van der Waals surface area contributed by atoms with Crippen LogP contribution >= 0.6 is 0 Å². The van der Waals surface area contributed by atoms with Crippen molar-refractivity contribution >= 4 is 23.0 Å². The smallest absolute Gasteiger partial charge is 0.350 e. The number of carbonyl (C=O) groups excluding carboxylic acids is 1. The largest absolute Gasteiger partial charge is 0.497 e. The summed E-state index contributed by atoms with van der Waals surface area (Å²) in [5.41, 5.74) is 1.64. The van der Waals surface area contributed by atoms with E-state index in [1.165, 1.54) is 27.2 Å². The number of nitrogens with one attached hydrogen (secondary N) is 1. The second kappa shape index (κ2) is 7.83. The molecule has 1 amide bonds. The van der Waals surface area contributed by atoms with E-state index in [9.17, 15) is 4.79 Å². The van der Waals surface area contributed by atoms with Gasteiger partial charge in [0.1, 0.15) is 11.4 Å². The normalized spacial score (nSPS) is 13.9. The predicted molar refractivity (Wildman–Crippen MR) is 122 cm³/mol. The second-order valence-electron chi connectivity index (χ2n) is 8.38. The molecule has 1 saturated carbocycles. The van der Waals surface area contributed by atoms with Crippen LogP contribution in [-0.2, 0) is 10.7 Å². The lowest BCUT2D eigenvalue weighted by Gasteiger charge is -2.14. The molecule has 0 saturated heterocycles. The van der Waals surface area contributed by atoms with Gasteiger partial charge in [0, 0.05) is 12.1 Å². The number of fused-ring (bicyclic) bond motifs is 2. The summed E-state index contributed by atoms with van der Waals surface area (Å²) in [7, 11) is 1.58. The van der Waals surface area contributed by atoms with E-state index in [0.717, 1.165) is 18.4 Å². The van der Waals surface area contributed by atoms with Gasteiger partial charge in [-0.25, -0.2) is 9.50 Å². The summed E-state index contributed by atoms with van der Waals surface area (Å²) >= 11 is 0. The Hall–Kier alpha value is -4.41. The molecule has 1 aromatic carbocycles. The van der Waals surface area contributed by atoms with E-state index in [0.29, 0.717) is 17.0 Å². The van der Waals surface area contributed by atoms with E-state index >= 15 is 8.78 Å². The average Bonchev–Trinajstić information content (AvgIpc) is 3.51. The number of anilines is 1. The van der Waals surface area contributed by atoms with Gasteiger partial charge in [-0.15, -0.1) is 10.2 Å². The van der Waals surface area contributed by atoms with E-state index in [1.807, 2.05) is 12.1 Å². The van der Waals surface area contributed by atoms with Crippen molar-refractivity contribution in [2.24, 2.45) is 5.92 Å². The number of methoxy groups -OCH3 is 1. The molecule has 35 heavy (non-hydrogen) atoms. The molecule has 1 N–H and O–H groups in total. The van der Waals surface area contributed by atoms with Crippen molar-refractivity contribution in [2.75, 3.05) is 12.4 Å². The van der Waals surface area contributed by atoms with Crippen LogP contribution in [0.5, 0.6) is 5.75 Å². The molecule has 0 bridgehead atoms. The van der Waals surface area contributed by atoms with Crippen LogP contribution in [0.15, 0.2) is 60.9 Å². The third-order valence-electron chi connectivity index (χ3n) is 5.95. The SMILES string of the molecule is COc1ccc(-c2ccc3nnc(C(F)(F)c4ccc5nc(NC(=O)C6CC6)cn5n4)n3c2)cc1. The lowest BCUT2D eigenvalue weighted by atomic mass is 10.1. The monoisotopic (exact) mass is 475 g/mol. The molecule has 1 aliphatic rings. The Morgan fingerprint density at radius 1 is 1.00 bits per heavy atom. The number of rotatable bonds is 6. The fourth-order valence-electron chi connectivity index (χ4n) is 3.86. The molecule has 6 rings (SSSR count). The van der Waals surface area contributed by atoms with Crippen LogP contribution < -0.4 is 10.1 Å². The topological polar surface area (TPSA) is 98.7 Å². The molecule has 0 radical (unpaired) electrons. The van der Waals surface area contributed by atoms with E-state index in [1.54, 1.807) is 37.6 Å². The minimum atomic E-state index is -3.55. The number of hydrogen-bond acceptors (Lipinski definition) is 6. The quantitative estimate of drug-likeness (QED) is 0.400. The third kappa shape index (κ3) is 3.74. The highest BCUT2D eigenvalue weighted by atomic mass is 19.3. The number of pyridine rings is 1. The first kappa shape index (κ1) is 21.1. The number of aromatic nitrogens is 6. The zero-order valence-electron chi connectivity index (χ0n) is 18.5. The zero-order chi connectivity index (χ0) is 24.2. The molecule has 4 aromatic heterocycles. The molecule has 9 nitrogen and oxygen atoms in total. The summed E-state index contributed by atoms with van der Waals surface area (Å²) in [4.78, 5) is 16.2. The number of amides is 1. The van der Waals surface area contributed by atoms with Gasteiger partial charge in [-0.2, -0.15) is 13.9 Å². The Labute approximate surface area is 197 Å². The Bertz CT molecular complexity index is 1570. The number of alkyl halides is 2. The lowest BCUT2D eigenvalue weighted by molar-refractivity contribution is -0.117. The first-order chi connectivity index (χ1) is 16.9. The summed E-state index contributed by atoms with van der Waals surface area (Å²) in [6, 6.07) is 13.3. The molecule has 1 fully saturated rings. The fraction of sp³-hybridized carbons (Fsp3) is 0.208. The molecular formula is C24H19F2N7O2. The minimum Gasteiger partial charge on any atom is -0.497 e. The third-order valence-corrected chi connectivity index (χ3v) is 5.95. The molecule has 11 heteroatoms. The van der Waals surface area contributed by atoms with Crippen molar-refractivity contribution in [1.82, 2.24) is 29.2 Å². The maximum absolute atomic E-state index is 15.6. The highest BCUT2D eigenvalue weighted by Crippen LogP contribution is 2.35. The standard InChI is InChI=1S/C24H19F2N7O2/c1-35-17-7-4-14(5-8-17)16-6-10-21-29-30-23(32(21)12-16)24(25,26)18-9-11-20-27-19(13-33(20)31-18)28-22(34)15-2-3-15/h4-13,15H,2-3H2,1H3,(H,28,34). The summed E-state index contributed by atoms with van der Waals surface area (Å²) < 4.78 is 38.9. The van der Waals surface area contributed by atoms with Crippen molar-refractivity contribution in [3.05, 3.63) is 72.4 Å². The van der Waals surface area contributed by atoms with Gasteiger partial charge in [0.05, 0.1) is 13.3 Å². The number of ether oxygens (including phenoxy) is 1. The molecule has 0 aliphatic heterocycles. The number of imidazole rings is 1. The van der Waals surface area contributed by atoms with E-state index in [2.05, 4.69) is 25.6 Å². The minimum absolute atomic E-state index is 0.00306. The van der Waals surface area contributed by atoms with Gasteiger partial charge in [0.25, 0.3) is 0 Å². The first-order valence-corrected chi connectivity index (χ1v) is 11.0. The molecule has 0 spiro atoms. The molecular weight excluding hydrogens is 456 g/mol. The number of hydrogen-bond donors (Lipinski definition) is 1. The van der Waals surface area contributed by atoms with Gasteiger partial charge in [-0.1, -0.05) is 12.1 Å². The van der Waals surface area contributed by atoms with Crippen LogP contribution in [0.2, 0.25) is 0 Å². The van der Waals surface area contributed by atoms with Crippen LogP contribution in [0, 0.1) is 5.92 Å². The highest BCUT2D eigenvalue weighted by molar-refractivity contribution is 5.93. The summed E-state index contributed by atoms with van der Waals surface area (Å²) in [5, 5.41) is 14.4. The second-order valence-corrected chi connectivity index (χ2v) is 8.38. The van der Waals surface area contributed by atoms with Crippen LogP contribution in [-0.4, -0.2) is 42.2 Å². The number of halogens is 2. The van der Waals surface area contributed by atoms with Crippen molar-refractivity contribution in [3.63, 3.8) is 0 Å². The lowest BCUT2D eigenvalue weighted by Crippen LogP contribution is -2.22.